The van der Waals surface area contributed by atoms with Gasteiger partial charge in [0.15, 0.2) is 0 Å². The Balaban J connectivity index is 1.97. The number of rotatable bonds is 6. The minimum Gasteiger partial charge on any atom is -0.324 e. The van der Waals surface area contributed by atoms with Crippen molar-refractivity contribution in [2.24, 2.45) is 5.92 Å². The molecule has 5 heteroatoms. The molecule has 2 rings (SSSR count). The van der Waals surface area contributed by atoms with E-state index in [0.29, 0.717) is 16.6 Å². The molecule has 2 aromatic rings. The summed E-state index contributed by atoms with van der Waals surface area (Å²) in [6.45, 7) is 6.41. The average molecular weight is 332 g/mol. The van der Waals surface area contributed by atoms with Crippen LogP contribution in [0.3, 0.4) is 0 Å². The van der Waals surface area contributed by atoms with E-state index in [1.165, 1.54) is 0 Å². The van der Waals surface area contributed by atoms with E-state index < -0.39 is 0 Å². The van der Waals surface area contributed by atoms with Gasteiger partial charge in [0.1, 0.15) is 0 Å². The standard InChI is InChI=1S/C18H22ClN3O/c1-12(2)18(14-6-8-20-9-7-14)21-11-17(23)22-16-5-4-13(3)10-15(16)19/h4-10,12,18,21H,11H2,1-3H3,(H,22,23)/t18-/m0/s1. The zero-order valence-electron chi connectivity index (χ0n) is 13.6. The summed E-state index contributed by atoms with van der Waals surface area (Å²) in [7, 11) is 0. The van der Waals surface area contributed by atoms with Gasteiger partial charge in [-0.25, -0.2) is 0 Å². The van der Waals surface area contributed by atoms with Crippen LogP contribution in [-0.4, -0.2) is 17.4 Å². The first-order valence-corrected chi connectivity index (χ1v) is 8.04. The van der Waals surface area contributed by atoms with Gasteiger partial charge in [-0.15, -0.1) is 0 Å². The number of hydrogen-bond donors (Lipinski definition) is 2. The fourth-order valence-corrected chi connectivity index (χ4v) is 2.71. The maximum absolute atomic E-state index is 12.2. The predicted molar refractivity (Wildman–Crippen MR) is 94.6 cm³/mol. The molecule has 23 heavy (non-hydrogen) atoms. The van der Waals surface area contributed by atoms with Crippen molar-refractivity contribution in [3.8, 4) is 0 Å². The molecular weight excluding hydrogens is 310 g/mol. The summed E-state index contributed by atoms with van der Waals surface area (Å²) in [4.78, 5) is 16.2. The van der Waals surface area contributed by atoms with Crippen molar-refractivity contribution < 1.29 is 4.79 Å². The van der Waals surface area contributed by atoms with E-state index in [4.69, 9.17) is 11.6 Å². The molecule has 1 aromatic carbocycles. The minimum absolute atomic E-state index is 0.0947. The zero-order chi connectivity index (χ0) is 16.8. The Morgan fingerprint density at radius 3 is 2.52 bits per heavy atom. The molecule has 122 valence electrons. The van der Waals surface area contributed by atoms with Crippen molar-refractivity contribution in [3.63, 3.8) is 0 Å². The third-order valence-corrected chi connectivity index (χ3v) is 3.93. The topological polar surface area (TPSA) is 54.0 Å². The second-order valence-corrected chi connectivity index (χ2v) is 6.32. The third-order valence-electron chi connectivity index (χ3n) is 3.61. The van der Waals surface area contributed by atoms with Crippen molar-refractivity contribution in [1.29, 1.82) is 0 Å². The van der Waals surface area contributed by atoms with E-state index >= 15 is 0 Å². The molecule has 1 heterocycles. The largest absolute Gasteiger partial charge is 0.324 e. The van der Waals surface area contributed by atoms with E-state index in [0.717, 1.165) is 11.1 Å². The first kappa shape index (κ1) is 17.4. The quantitative estimate of drug-likeness (QED) is 0.842. The van der Waals surface area contributed by atoms with Gasteiger partial charge in [0.25, 0.3) is 0 Å². The van der Waals surface area contributed by atoms with Crippen molar-refractivity contribution in [3.05, 3.63) is 58.9 Å². The second kappa shape index (κ2) is 8.09. The van der Waals surface area contributed by atoms with E-state index in [2.05, 4.69) is 29.5 Å². The van der Waals surface area contributed by atoms with Crippen LogP contribution < -0.4 is 10.6 Å². The van der Waals surface area contributed by atoms with Crippen molar-refractivity contribution in [1.82, 2.24) is 10.3 Å². The van der Waals surface area contributed by atoms with Gasteiger partial charge in [0.2, 0.25) is 5.91 Å². The van der Waals surface area contributed by atoms with Gasteiger partial charge in [0.05, 0.1) is 17.3 Å². The number of aromatic nitrogens is 1. The van der Waals surface area contributed by atoms with Gasteiger partial charge < -0.3 is 10.6 Å². The van der Waals surface area contributed by atoms with Gasteiger partial charge in [-0.05, 0) is 48.2 Å². The second-order valence-electron chi connectivity index (χ2n) is 5.91. The monoisotopic (exact) mass is 331 g/mol. The number of carbonyl (C=O) groups is 1. The number of pyridine rings is 1. The molecule has 0 spiro atoms. The number of hydrogen-bond acceptors (Lipinski definition) is 3. The molecule has 2 N–H and O–H groups in total. The smallest absolute Gasteiger partial charge is 0.238 e. The summed E-state index contributed by atoms with van der Waals surface area (Å²) >= 11 is 6.14. The maximum atomic E-state index is 12.2. The van der Waals surface area contributed by atoms with Crippen LogP contribution in [0.1, 0.15) is 31.0 Å². The summed E-state index contributed by atoms with van der Waals surface area (Å²) in [5.74, 6) is 0.239. The molecule has 0 saturated heterocycles. The van der Waals surface area contributed by atoms with Crippen molar-refractivity contribution >= 4 is 23.2 Å². The van der Waals surface area contributed by atoms with Crippen LogP contribution >= 0.6 is 11.6 Å². The Morgan fingerprint density at radius 1 is 1.22 bits per heavy atom. The van der Waals surface area contributed by atoms with Crippen LogP contribution in [0.4, 0.5) is 5.69 Å². The molecule has 0 saturated carbocycles. The van der Waals surface area contributed by atoms with Crippen LogP contribution in [0.15, 0.2) is 42.7 Å². The summed E-state index contributed by atoms with van der Waals surface area (Å²) in [6, 6.07) is 9.59. The number of benzene rings is 1. The highest BCUT2D eigenvalue weighted by atomic mass is 35.5. The molecule has 1 amide bonds. The van der Waals surface area contributed by atoms with Crippen LogP contribution in [0, 0.1) is 12.8 Å². The van der Waals surface area contributed by atoms with Crippen molar-refractivity contribution in [2.45, 2.75) is 26.8 Å². The first-order valence-electron chi connectivity index (χ1n) is 7.66. The Kier molecular flexibility index (Phi) is 6.13. The molecule has 4 nitrogen and oxygen atoms in total. The molecule has 0 bridgehead atoms. The fraction of sp³-hybridized carbons (Fsp3) is 0.333. The lowest BCUT2D eigenvalue weighted by Gasteiger charge is -2.22. The van der Waals surface area contributed by atoms with E-state index in [1.54, 1.807) is 12.4 Å². The number of nitrogens with zero attached hydrogens (tertiary/aromatic N) is 1. The Bertz CT molecular complexity index is 659. The SMILES string of the molecule is Cc1ccc(NC(=O)CN[C@H](c2ccncc2)C(C)C)c(Cl)c1. The number of aryl methyl sites for hydroxylation is 1. The molecule has 0 aliphatic rings. The number of halogens is 1. The van der Waals surface area contributed by atoms with Gasteiger partial charge in [0, 0.05) is 18.4 Å². The molecule has 1 aromatic heterocycles. The molecule has 0 aliphatic carbocycles. The molecule has 0 unspecified atom stereocenters. The number of nitrogens with one attached hydrogen (secondary N) is 2. The molecule has 0 radical (unpaired) electrons. The highest BCUT2D eigenvalue weighted by Crippen LogP contribution is 2.23. The number of amides is 1. The maximum Gasteiger partial charge on any atom is 0.238 e. The number of carbonyl (C=O) groups excluding carboxylic acids is 1. The lowest BCUT2D eigenvalue weighted by atomic mass is 9.97. The molecule has 0 fully saturated rings. The fourth-order valence-electron chi connectivity index (χ4n) is 2.43. The third kappa shape index (κ3) is 5.05. The van der Waals surface area contributed by atoms with Gasteiger partial charge in [-0.1, -0.05) is 31.5 Å². The number of anilines is 1. The van der Waals surface area contributed by atoms with Gasteiger partial charge in [-0.3, -0.25) is 9.78 Å². The Labute approximate surface area is 142 Å². The minimum atomic E-state index is -0.115. The van der Waals surface area contributed by atoms with Crippen LogP contribution in [0.25, 0.3) is 0 Å². The lowest BCUT2D eigenvalue weighted by molar-refractivity contribution is -0.115. The lowest BCUT2D eigenvalue weighted by Crippen LogP contribution is -2.33. The van der Waals surface area contributed by atoms with Crippen LogP contribution in [0.5, 0.6) is 0 Å². The molecule has 1 atom stereocenters. The summed E-state index contributed by atoms with van der Waals surface area (Å²) in [5, 5.41) is 6.69. The molecule has 0 aliphatic heterocycles. The van der Waals surface area contributed by atoms with Gasteiger partial charge >= 0.3 is 0 Å². The van der Waals surface area contributed by atoms with E-state index in [1.807, 2.05) is 37.3 Å². The first-order chi connectivity index (χ1) is 11.0. The normalized spacial score (nSPS) is 12.2. The Morgan fingerprint density at radius 2 is 1.91 bits per heavy atom. The van der Waals surface area contributed by atoms with Crippen molar-refractivity contribution in [2.75, 3.05) is 11.9 Å². The van der Waals surface area contributed by atoms with E-state index in [-0.39, 0.29) is 18.5 Å². The zero-order valence-corrected chi connectivity index (χ0v) is 14.4. The summed E-state index contributed by atoms with van der Waals surface area (Å²) in [6.07, 6.45) is 3.52. The molecular formula is C18H22ClN3O. The van der Waals surface area contributed by atoms with Crippen LogP contribution in [0.2, 0.25) is 5.02 Å². The summed E-state index contributed by atoms with van der Waals surface area (Å²) in [5.41, 5.74) is 2.81. The predicted octanol–water partition coefficient (Wildman–Crippen LogP) is 3.97. The Hall–Kier alpha value is -1.91. The van der Waals surface area contributed by atoms with E-state index in [9.17, 15) is 4.79 Å². The summed E-state index contributed by atoms with van der Waals surface area (Å²) < 4.78 is 0. The van der Waals surface area contributed by atoms with Gasteiger partial charge in [-0.2, -0.15) is 0 Å². The highest BCUT2D eigenvalue weighted by Gasteiger charge is 2.16. The highest BCUT2D eigenvalue weighted by molar-refractivity contribution is 6.33. The van der Waals surface area contributed by atoms with Crippen LogP contribution in [-0.2, 0) is 4.79 Å². The average Bonchev–Trinajstić information content (AvgIpc) is 2.51.